The molecule has 0 saturated heterocycles. The molecule has 1 aliphatic rings. The summed E-state index contributed by atoms with van der Waals surface area (Å²) in [6, 6.07) is 6.12. The molecule has 1 aromatic carbocycles. The van der Waals surface area contributed by atoms with Crippen LogP contribution in [0.2, 0.25) is 0 Å². The molecule has 1 aliphatic carbocycles. The van der Waals surface area contributed by atoms with E-state index in [9.17, 15) is 0 Å². The third kappa shape index (κ3) is 4.18. The summed E-state index contributed by atoms with van der Waals surface area (Å²) in [5.41, 5.74) is 2.15. The Hall–Kier alpha value is -1.13. The first-order valence-electron chi connectivity index (χ1n) is 7.40. The number of aryl methyl sites for hydroxylation is 1. The second-order valence-corrected chi connectivity index (χ2v) is 6.34. The fraction of sp³-hybridized carbons (Fsp3) is 0.556. The summed E-state index contributed by atoms with van der Waals surface area (Å²) in [5.74, 6) is 8.81. The Labute approximate surface area is 127 Å². The van der Waals surface area contributed by atoms with E-state index in [2.05, 4.69) is 38.7 Å². The van der Waals surface area contributed by atoms with Crippen molar-refractivity contribution in [3.05, 3.63) is 29.3 Å². The molecule has 0 bridgehead atoms. The molecular weight excluding hydrogens is 268 g/mol. The maximum atomic E-state index is 6.21. The molecule has 0 spiro atoms. The van der Waals surface area contributed by atoms with Gasteiger partial charge in [0.05, 0.1) is 12.0 Å². The summed E-state index contributed by atoms with van der Waals surface area (Å²) in [4.78, 5) is 0. The topological polar surface area (TPSA) is 9.23 Å². The van der Waals surface area contributed by atoms with Crippen LogP contribution in [0.4, 0.5) is 0 Å². The fourth-order valence-electron chi connectivity index (χ4n) is 3.14. The van der Waals surface area contributed by atoms with Crippen molar-refractivity contribution in [3.8, 4) is 17.6 Å². The van der Waals surface area contributed by atoms with Crippen LogP contribution < -0.4 is 4.74 Å². The van der Waals surface area contributed by atoms with E-state index in [1.165, 1.54) is 6.42 Å². The van der Waals surface area contributed by atoms with E-state index in [0.29, 0.717) is 12.0 Å². The zero-order valence-corrected chi connectivity index (χ0v) is 13.3. The molecule has 20 heavy (non-hydrogen) atoms. The molecule has 1 fully saturated rings. The van der Waals surface area contributed by atoms with Crippen LogP contribution in [0.25, 0.3) is 0 Å². The lowest BCUT2D eigenvalue weighted by Gasteiger charge is -2.32. The number of hydrogen-bond acceptors (Lipinski definition) is 1. The van der Waals surface area contributed by atoms with E-state index < -0.39 is 0 Å². The molecule has 0 heterocycles. The Morgan fingerprint density at radius 1 is 1.20 bits per heavy atom. The first-order chi connectivity index (χ1) is 9.58. The maximum absolute atomic E-state index is 6.21. The van der Waals surface area contributed by atoms with Crippen molar-refractivity contribution in [1.82, 2.24) is 0 Å². The van der Waals surface area contributed by atoms with E-state index in [1.54, 1.807) is 0 Å². The fourth-order valence-corrected chi connectivity index (χ4v) is 3.21. The second kappa shape index (κ2) is 7.04. The zero-order valence-electron chi connectivity index (χ0n) is 12.6. The van der Waals surface area contributed by atoms with Gasteiger partial charge in [0, 0.05) is 5.56 Å². The van der Waals surface area contributed by atoms with Crippen LogP contribution in [0.5, 0.6) is 5.75 Å². The van der Waals surface area contributed by atoms with Crippen molar-refractivity contribution in [2.45, 2.75) is 46.1 Å². The lowest BCUT2D eigenvalue weighted by atomic mass is 9.82. The van der Waals surface area contributed by atoms with Crippen LogP contribution in [0.15, 0.2) is 18.2 Å². The third-order valence-electron chi connectivity index (χ3n) is 3.90. The van der Waals surface area contributed by atoms with Crippen LogP contribution in [0.1, 0.15) is 44.2 Å². The summed E-state index contributed by atoms with van der Waals surface area (Å²) in [6.07, 6.45) is 4.01. The van der Waals surface area contributed by atoms with Gasteiger partial charge in [0.25, 0.3) is 0 Å². The van der Waals surface area contributed by atoms with Crippen LogP contribution in [-0.4, -0.2) is 12.0 Å². The van der Waals surface area contributed by atoms with Gasteiger partial charge in [-0.2, -0.15) is 0 Å². The van der Waals surface area contributed by atoms with Gasteiger partial charge in [-0.05, 0) is 61.8 Å². The minimum atomic E-state index is 0.354. The highest BCUT2D eigenvalue weighted by Gasteiger charge is 2.25. The summed E-state index contributed by atoms with van der Waals surface area (Å²) in [7, 11) is 0. The molecule has 0 aliphatic heterocycles. The minimum Gasteiger partial charge on any atom is -0.490 e. The SMILES string of the molecule is Cc1cc(C#CCCl)ccc1OC1CC(C)CC(C)C1. The Morgan fingerprint density at radius 3 is 2.50 bits per heavy atom. The quantitative estimate of drug-likeness (QED) is 0.562. The number of ether oxygens (including phenoxy) is 1. The molecular formula is C18H23ClO. The van der Waals surface area contributed by atoms with Crippen molar-refractivity contribution < 1.29 is 4.74 Å². The maximum Gasteiger partial charge on any atom is 0.122 e. The van der Waals surface area contributed by atoms with Crippen LogP contribution in [0, 0.1) is 30.6 Å². The smallest absolute Gasteiger partial charge is 0.122 e. The molecule has 0 radical (unpaired) electrons. The average molecular weight is 291 g/mol. The van der Waals surface area contributed by atoms with Crippen molar-refractivity contribution in [1.29, 1.82) is 0 Å². The molecule has 2 atom stereocenters. The minimum absolute atomic E-state index is 0.354. The Kier molecular flexibility index (Phi) is 5.38. The predicted molar refractivity (Wildman–Crippen MR) is 85.4 cm³/mol. The monoisotopic (exact) mass is 290 g/mol. The molecule has 108 valence electrons. The first kappa shape index (κ1) is 15.3. The Morgan fingerprint density at radius 2 is 1.90 bits per heavy atom. The van der Waals surface area contributed by atoms with Crippen LogP contribution in [-0.2, 0) is 0 Å². The standard InChI is InChI=1S/C18H23ClO/c1-13-9-14(2)11-17(10-13)20-18-7-6-16(5-4-8-19)12-15(18)3/h6-7,12-14,17H,8-11H2,1-3H3. The number of benzene rings is 1. The molecule has 1 aromatic rings. The molecule has 1 saturated carbocycles. The average Bonchev–Trinajstić information content (AvgIpc) is 2.38. The lowest BCUT2D eigenvalue weighted by Crippen LogP contribution is -2.28. The van der Waals surface area contributed by atoms with Gasteiger partial charge >= 0.3 is 0 Å². The van der Waals surface area contributed by atoms with E-state index >= 15 is 0 Å². The summed E-state index contributed by atoms with van der Waals surface area (Å²) in [6.45, 7) is 6.73. The van der Waals surface area contributed by atoms with Crippen molar-refractivity contribution in [2.75, 3.05) is 5.88 Å². The van der Waals surface area contributed by atoms with Gasteiger partial charge < -0.3 is 4.74 Å². The Bertz CT molecular complexity index is 502. The third-order valence-corrected chi connectivity index (χ3v) is 4.04. The zero-order chi connectivity index (χ0) is 14.5. The van der Waals surface area contributed by atoms with Gasteiger partial charge in [-0.3, -0.25) is 0 Å². The highest BCUT2D eigenvalue weighted by molar-refractivity contribution is 6.19. The molecule has 0 aromatic heterocycles. The number of hydrogen-bond donors (Lipinski definition) is 0. The number of rotatable bonds is 2. The number of halogens is 1. The van der Waals surface area contributed by atoms with E-state index in [4.69, 9.17) is 16.3 Å². The van der Waals surface area contributed by atoms with Crippen LogP contribution >= 0.6 is 11.6 Å². The second-order valence-electron chi connectivity index (χ2n) is 6.07. The van der Waals surface area contributed by atoms with Gasteiger partial charge in [-0.25, -0.2) is 0 Å². The van der Waals surface area contributed by atoms with Gasteiger partial charge in [0.2, 0.25) is 0 Å². The normalized spacial score (nSPS) is 25.7. The van der Waals surface area contributed by atoms with Crippen molar-refractivity contribution in [2.24, 2.45) is 11.8 Å². The largest absolute Gasteiger partial charge is 0.490 e. The molecule has 0 N–H and O–H groups in total. The predicted octanol–water partition coefficient (Wildman–Crippen LogP) is 4.79. The molecule has 2 heteroatoms. The van der Waals surface area contributed by atoms with E-state index in [0.717, 1.165) is 41.6 Å². The number of alkyl halides is 1. The molecule has 2 unspecified atom stereocenters. The summed E-state index contributed by atoms with van der Waals surface area (Å²) in [5, 5.41) is 0. The first-order valence-corrected chi connectivity index (χ1v) is 7.94. The van der Waals surface area contributed by atoms with Gasteiger partial charge in [0.1, 0.15) is 5.75 Å². The van der Waals surface area contributed by atoms with Gasteiger partial charge in [0.15, 0.2) is 0 Å². The Balaban J connectivity index is 2.06. The van der Waals surface area contributed by atoms with Gasteiger partial charge in [-0.1, -0.05) is 25.7 Å². The van der Waals surface area contributed by atoms with E-state index in [1.807, 2.05) is 12.1 Å². The van der Waals surface area contributed by atoms with Crippen LogP contribution in [0.3, 0.4) is 0 Å². The molecule has 2 rings (SSSR count). The van der Waals surface area contributed by atoms with Gasteiger partial charge in [-0.15, -0.1) is 11.6 Å². The van der Waals surface area contributed by atoms with E-state index in [-0.39, 0.29) is 0 Å². The molecule has 0 amide bonds. The summed E-state index contributed by atoms with van der Waals surface area (Å²) >= 11 is 5.58. The summed E-state index contributed by atoms with van der Waals surface area (Å²) < 4.78 is 6.21. The highest BCUT2D eigenvalue weighted by Crippen LogP contribution is 2.32. The lowest BCUT2D eigenvalue weighted by molar-refractivity contribution is 0.100. The van der Waals surface area contributed by atoms with Crippen molar-refractivity contribution >= 4 is 11.6 Å². The molecule has 1 nitrogen and oxygen atoms in total. The van der Waals surface area contributed by atoms with Crippen molar-refractivity contribution in [3.63, 3.8) is 0 Å². The highest BCUT2D eigenvalue weighted by atomic mass is 35.5.